The van der Waals surface area contributed by atoms with Gasteiger partial charge in [-0.25, -0.2) is 18.0 Å². The molecule has 6 N–H and O–H groups in total. The Kier molecular flexibility index (Phi) is 8.60. The SMILES string of the molecule is C[C@@H]1CCN(C(=O)[C@H](CCCNC(N)=O)NS(=O)(=O)c2cccc3c2NC[C@H](C)C3)[C@@H](C(=O)O)C1. The van der Waals surface area contributed by atoms with Crippen LogP contribution in [-0.4, -0.2) is 68.0 Å². The number of urea groups is 1. The summed E-state index contributed by atoms with van der Waals surface area (Å²) < 4.78 is 29.5. The van der Waals surface area contributed by atoms with Crippen LogP contribution in [0.4, 0.5) is 10.5 Å². The van der Waals surface area contributed by atoms with Crippen molar-refractivity contribution in [3.05, 3.63) is 23.8 Å². The number of benzene rings is 1. The van der Waals surface area contributed by atoms with Gasteiger partial charge in [0.05, 0.1) is 5.69 Å². The molecule has 1 aromatic rings. The van der Waals surface area contributed by atoms with Crippen molar-refractivity contribution in [2.45, 2.75) is 62.9 Å². The van der Waals surface area contributed by atoms with Crippen molar-refractivity contribution >= 4 is 33.6 Å². The van der Waals surface area contributed by atoms with Gasteiger partial charge in [-0.3, -0.25) is 4.79 Å². The zero-order valence-corrected chi connectivity index (χ0v) is 20.9. The number of anilines is 1. The highest BCUT2D eigenvalue weighted by Crippen LogP contribution is 2.31. The van der Waals surface area contributed by atoms with Crippen LogP contribution in [0.25, 0.3) is 0 Å². The second-order valence-electron chi connectivity index (χ2n) is 9.60. The number of nitrogens with two attached hydrogens (primary N) is 1. The monoisotopic (exact) mass is 509 g/mol. The quantitative estimate of drug-likeness (QED) is 0.310. The summed E-state index contributed by atoms with van der Waals surface area (Å²) in [5.74, 6) is -1.20. The summed E-state index contributed by atoms with van der Waals surface area (Å²) in [4.78, 5) is 37.7. The van der Waals surface area contributed by atoms with Gasteiger partial charge >= 0.3 is 12.0 Å². The van der Waals surface area contributed by atoms with Gasteiger partial charge in [-0.05, 0) is 55.6 Å². The first-order valence-corrected chi connectivity index (χ1v) is 13.4. The van der Waals surface area contributed by atoms with Crippen molar-refractivity contribution in [3.8, 4) is 0 Å². The second kappa shape index (κ2) is 11.3. The number of sulfonamides is 1. The molecule has 0 bridgehead atoms. The van der Waals surface area contributed by atoms with Crippen LogP contribution in [0.3, 0.4) is 0 Å². The number of likely N-dealkylation sites (tertiary alicyclic amines) is 1. The number of primary amides is 1. The molecule has 4 atom stereocenters. The van der Waals surface area contributed by atoms with Crippen LogP contribution >= 0.6 is 0 Å². The van der Waals surface area contributed by atoms with Crippen LogP contribution < -0.4 is 21.1 Å². The second-order valence-corrected chi connectivity index (χ2v) is 11.3. The molecule has 2 aliphatic heterocycles. The molecule has 1 saturated heterocycles. The molecule has 0 spiro atoms. The number of aliphatic carboxylic acids is 1. The maximum atomic E-state index is 13.5. The van der Waals surface area contributed by atoms with Gasteiger partial charge in [0.25, 0.3) is 0 Å². The van der Waals surface area contributed by atoms with Gasteiger partial charge in [0.2, 0.25) is 15.9 Å². The molecule has 0 aliphatic carbocycles. The van der Waals surface area contributed by atoms with E-state index in [2.05, 4.69) is 22.3 Å². The van der Waals surface area contributed by atoms with E-state index in [1.807, 2.05) is 13.0 Å². The highest BCUT2D eigenvalue weighted by atomic mass is 32.2. The van der Waals surface area contributed by atoms with Crippen LogP contribution in [0.2, 0.25) is 0 Å². The Morgan fingerprint density at radius 3 is 2.69 bits per heavy atom. The average Bonchev–Trinajstić information content (AvgIpc) is 2.79. The predicted octanol–water partition coefficient (Wildman–Crippen LogP) is 1.10. The lowest BCUT2D eigenvalue weighted by atomic mass is 9.91. The van der Waals surface area contributed by atoms with Gasteiger partial charge in [-0.1, -0.05) is 26.0 Å². The molecule has 194 valence electrons. The Morgan fingerprint density at radius 1 is 1.26 bits per heavy atom. The molecule has 35 heavy (non-hydrogen) atoms. The first-order valence-electron chi connectivity index (χ1n) is 11.9. The van der Waals surface area contributed by atoms with Gasteiger partial charge in [0, 0.05) is 19.6 Å². The minimum atomic E-state index is -4.12. The standard InChI is InChI=1S/C23H35N5O6S/c1-14-8-10-28(18(12-14)22(30)31)21(29)17(6-4-9-25-23(24)32)27-35(33,34)19-7-3-5-16-11-15(2)13-26-20(16)19/h3,5,7,14-15,17-18,26-27H,4,6,8-13H2,1-2H3,(H,30,31)(H3,24,25,32)/t14-,15-,17+,18-/m1/s1. The number of hydrogen-bond donors (Lipinski definition) is 5. The fourth-order valence-corrected chi connectivity index (χ4v) is 6.19. The zero-order chi connectivity index (χ0) is 25.8. The number of carbonyl (C=O) groups excluding carboxylic acids is 2. The fourth-order valence-electron chi connectivity index (χ4n) is 4.74. The minimum Gasteiger partial charge on any atom is -0.480 e. The van der Waals surface area contributed by atoms with E-state index in [1.165, 1.54) is 11.0 Å². The first kappa shape index (κ1) is 26.7. The Bertz CT molecular complexity index is 1060. The third kappa shape index (κ3) is 6.63. The predicted molar refractivity (Wildman–Crippen MR) is 130 cm³/mol. The minimum absolute atomic E-state index is 0.0528. The molecule has 0 radical (unpaired) electrons. The number of piperidine rings is 1. The summed E-state index contributed by atoms with van der Waals surface area (Å²) in [5.41, 5.74) is 6.50. The number of carboxylic acids is 1. The molecule has 3 rings (SSSR count). The van der Waals surface area contributed by atoms with E-state index in [1.54, 1.807) is 6.07 Å². The van der Waals surface area contributed by atoms with Crippen LogP contribution in [0.5, 0.6) is 0 Å². The third-order valence-corrected chi connectivity index (χ3v) is 8.11. The molecule has 3 amide bonds. The molecule has 0 aromatic heterocycles. The van der Waals surface area contributed by atoms with E-state index in [0.29, 0.717) is 31.0 Å². The Labute approximate surface area is 205 Å². The van der Waals surface area contributed by atoms with Crippen molar-refractivity contribution in [1.29, 1.82) is 0 Å². The molecule has 11 nitrogen and oxygen atoms in total. The van der Waals surface area contributed by atoms with E-state index < -0.39 is 40.0 Å². The summed E-state index contributed by atoms with van der Waals surface area (Å²) in [6.07, 6.45) is 2.01. The maximum absolute atomic E-state index is 13.5. The number of nitrogens with one attached hydrogen (secondary N) is 3. The Balaban J connectivity index is 1.87. The number of fused-ring (bicyclic) bond motifs is 1. The van der Waals surface area contributed by atoms with Crippen LogP contribution in [-0.2, 0) is 26.0 Å². The number of rotatable bonds is 9. The maximum Gasteiger partial charge on any atom is 0.326 e. The van der Waals surface area contributed by atoms with Crippen LogP contribution in [0.15, 0.2) is 23.1 Å². The summed E-state index contributed by atoms with van der Waals surface area (Å²) >= 11 is 0. The van der Waals surface area contributed by atoms with E-state index in [0.717, 1.165) is 12.0 Å². The van der Waals surface area contributed by atoms with Gasteiger partial charge in [-0.15, -0.1) is 0 Å². The summed E-state index contributed by atoms with van der Waals surface area (Å²) in [6, 6.07) is 2.11. The largest absolute Gasteiger partial charge is 0.480 e. The van der Waals surface area contributed by atoms with Gasteiger partial charge in [0.1, 0.15) is 17.0 Å². The lowest BCUT2D eigenvalue weighted by molar-refractivity contribution is -0.153. The number of amides is 3. The van der Waals surface area contributed by atoms with E-state index in [-0.39, 0.29) is 36.7 Å². The lowest BCUT2D eigenvalue weighted by Crippen LogP contribution is -2.56. The molecule has 12 heteroatoms. The summed E-state index contributed by atoms with van der Waals surface area (Å²) in [6.45, 7) is 5.02. The number of carbonyl (C=O) groups is 3. The lowest BCUT2D eigenvalue weighted by Gasteiger charge is -2.38. The van der Waals surface area contributed by atoms with Crippen molar-refractivity contribution in [2.75, 3.05) is 25.0 Å². The number of carboxylic acid groups (broad SMARTS) is 1. The van der Waals surface area contributed by atoms with Crippen LogP contribution in [0.1, 0.15) is 45.1 Å². The highest BCUT2D eigenvalue weighted by Gasteiger charge is 2.39. The molecule has 2 aliphatic rings. The van der Waals surface area contributed by atoms with Crippen LogP contribution in [0, 0.1) is 11.8 Å². The molecule has 0 unspecified atom stereocenters. The smallest absolute Gasteiger partial charge is 0.326 e. The Hall–Kier alpha value is -2.86. The number of nitrogens with zero attached hydrogens (tertiary/aromatic N) is 1. The highest BCUT2D eigenvalue weighted by molar-refractivity contribution is 7.89. The molecule has 0 saturated carbocycles. The Morgan fingerprint density at radius 2 is 2.00 bits per heavy atom. The van der Waals surface area contributed by atoms with Crippen molar-refractivity contribution < 1.29 is 27.9 Å². The third-order valence-electron chi connectivity index (χ3n) is 6.59. The van der Waals surface area contributed by atoms with Crippen molar-refractivity contribution in [2.24, 2.45) is 17.6 Å². The number of para-hydroxylation sites is 1. The molecule has 1 fully saturated rings. The molecular formula is C23H35N5O6S. The molecule has 1 aromatic carbocycles. The first-order chi connectivity index (χ1) is 16.5. The number of hydrogen-bond acceptors (Lipinski definition) is 6. The summed E-state index contributed by atoms with van der Waals surface area (Å²) in [5, 5.41) is 15.3. The van der Waals surface area contributed by atoms with Gasteiger partial charge in [0.15, 0.2) is 0 Å². The average molecular weight is 510 g/mol. The van der Waals surface area contributed by atoms with Gasteiger partial charge in [-0.2, -0.15) is 4.72 Å². The van der Waals surface area contributed by atoms with Crippen molar-refractivity contribution in [3.63, 3.8) is 0 Å². The van der Waals surface area contributed by atoms with E-state index >= 15 is 0 Å². The zero-order valence-electron chi connectivity index (χ0n) is 20.1. The van der Waals surface area contributed by atoms with E-state index in [4.69, 9.17) is 5.73 Å². The van der Waals surface area contributed by atoms with Crippen molar-refractivity contribution in [1.82, 2.24) is 14.9 Å². The van der Waals surface area contributed by atoms with Gasteiger partial charge < -0.3 is 26.4 Å². The topological polar surface area (TPSA) is 171 Å². The fraction of sp³-hybridized carbons (Fsp3) is 0.609. The normalized spacial score (nSPS) is 23.0. The molecule has 2 heterocycles. The molecular weight excluding hydrogens is 474 g/mol. The van der Waals surface area contributed by atoms with E-state index in [9.17, 15) is 27.9 Å². The summed E-state index contributed by atoms with van der Waals surface area (Å²) in [7, 11) is -4.12.